The van der Waals surface area contributed by atoms with Crippen molar-refractivity contribution in [1.29, 1.82) is 0 Å². The number of benzene rings is 2. The molecule has 0 saturated carbocycles. The molecule has 28 heavy (non-hydrogen) atoms. The van der Waals surface area contributed by atoms with E-state index in [4.69, 9.17) is 0 Å². The van der Waals surface area contributed by atoms with Crippen molar-refractivity contribution in [2.75, 3.05) is 13.1 Å². The van der Waals surface area contributed by atoms with Crippen LogP contribution in [0.4, 0.5) is 0 Å². The molecule has 0 aliphatic carbocycles. The smallest absolute Gasteiger partial charge is 0.245 e. The molecule has 2 amide bonds. The summed E-state index contributed by atoms with van der Waals surface area (Å²) in [6, 6.07) is 19.5. The van der Waals surface area contributed by atoms with Gasteiger partial charge in [0.05, 0.1) is 5.25 Å². The van der Waals surface area contributed by atoms with Gasteiger partial charge in [0, 0.05) is 25.3 Å². The first-order valence-electron chi connectivity index (χ1n) is 9.92. The standard InChI is InChI=1S/C23H28N2O2S/c1-18(28-17-20-12-6-3-7-13-20)22(26)24-21(16-19-10-4-2-5-11-19)23(27)25-14-8-9-15-25/h2-7,10-13,18,21H,8-9,14-17H2,1H3,(H,24,26). The van der Waals surface area contributed by atoms with E-state index in [0.717, 1.165) is 37.2 Å². The molecule has 5 heteroatoms. The van der Waals surface area contributed by atoms with E-state index in [1.165, 1.54) is 5.56 Å². The SMILES string of the molecule is CC(SCc1ccccc1)C(=O)NC(Cc1ccccc1)C(=O)N1CCCC1. The quantitative estimate of drug-likeness (QED) is 0.741. The second-order valence-corrected chi connectivity index (χ2v) is 8.55. The molecule has 0 radical (unpaired) electrons. The van der Waals surface area contributed by atoms with Crippen LogP contribution in [0.1, 0.15) is 30.9 Å². The third-order valence-corrected chi connectivity index (χ3v) is 6.24. The molecule has 4 nitrogen and oxygen atoms in total. The average Bonchev–Trinajstić information content (AvgIpc) is 3.27. The Morgan fingerprint density at radius 3 is 2.14 bits per heavy atom. The highest BCUT2D eigenvalue weighted by Gasteiger charge is 2.29. The van der Waals surface area contributed by atoms with E-state index in [1.54, 1.807) is 11.8 Å². The topological polar surface area (TPSA) is 49.4 Å². The van der Waals surface area contributed by atoms with Gasteiger partial charge in [0.1, 0.15) is 6.04 Å². The fraction of sp³-hybridized carbons (Fsp3) is 0.391. The van der Waals surface area contributed by atoms with Gasteiger partial charge in [0.25, 0.3) is 0 Å². The summed E-state index contributed by atoms with van der Waals surface area (Å²) in [6.07, 6.45) is 2.61. The summed E-state index contributed by atoms with van der Waals surface area (Å²) in [7, 11) is 0. The summed E-state index contributed by atoms with van der Waals surface area (Å²) in [5.41, 5.74) is 2.26. The fourth-order valence-corrected chi connectivity index (χ4v) is 4.22. The van der Waals surface area contributed by atoms with Crippen molar-refractivity contribution in [1.82, 2.24) is 10.2 Å². The van der Waals surface area contributed by atoms with E-state index in [9.17, 15) is 9.59 Å². The summed E-state index contributed by atoms with van der Waals surface area (Å²) in [6.45, 7) is 3.49. The third-order valence-electron chi connectivity index (χ3n) is 5.03. The normalized spacial score (nSPS) is 15.8. The van der Waals surface area contributed by atoms with Gasteiger partial charge in [0.15, 0.2) is 0 Å². The first kappa shape index (κ1) is 20.5. The molecule has 1 aliphatic rings. The van der Waals surface area contributed by atoms with E-state index in [2.05, 4.69) is 17.4 Å². The van der Waals surface area contributed by atoms with Gasteiger partial charge in [-0.2, -0.15) is 0 Å². The Kier molecular flexibility index (Phi) is 7.54. The first-order valence-corrected chi connectivity index (χ1v) is 11.0. The van der Waals surface area contributed by atoms with Gasteiger partial charge in [-0.05, 0) is 30.9 Å². The molecular weight excluding hydrogens is 368 g/mol. The summed E-state index contributed by atoms with van der Waals surface area (Å²) in [5.74, 6) is 0.739. The van der Waals surface area contributed by atoms with Crippen LogP contribution >= 0.6 is 11.8 Å². The Morgan fingerprint density at radius 2 is 1.54 bits per heavy atom. The molecule has 0 spiro atoms. The highest BCUT2D eigenvalue weighted by molar-refractivity contribution is 7.99. The molecule has 1 heterocycles. The maximum atomic E-state index is 13.0. The van der Waals surface area contributed by atoms with Gasteiger partial charge >= 0.3 is 0 Å². The van der Waals surface area contributed by atoms with E-state index < -0.39 is 6.04 Å². The van der Waals surface area contributed by atoms with Gasteiger partial charge in [-0.1, -0.05) is 60.7 Å². The number of rotatable bonds is 8. The van der Waals surface area contributed by atoms with Crippen LogP contribution in [0.25, 0.3) is 0 Å². The number of carbonyl (C=O) groups is 2. The van der Waals surface area contributed by atoms with Crippen LogP contribution in [-0.2, 0) is 21.8 Å². The lowest BCUT2D eigenvalue weighted by atomic mass is 10.0. The predicted molar refractivity (Wildman–Crippen MR) is 115 cm³/mol. The van der Waals surface area contributed by atoms with E-state index in [0.29, 0.717) is 6.42 Å². The number of carbonyl (C=O) groups excluding carboxylic acids is 2. The van der Waals surface area contributed by atoms with Crippen molar-refractivity contribution in [2.45, 2.75) is 43.2 Å². The van der Waals surface area contributed by atoms with Crippen molar-refractivity contribution in [2.24, 2.45) is 0 Å². The molecule has 2 aromatic carbocycles. The molecule has 0 aromatic heterocycles. The Balaban J connectivity index is 1.61. The van der Waals surface area contributed by atoms with Gasteiger partial charge in [-0.15, -0.1) is 11.8 Å². The van der Waals surface area contributed by atoms with Crippen LogP contribution in [-0.4, -0.2) is 41.1 Å². The fourth-order valence-electron chi connectivity index (χ4n) is 3.37. The maximum absolute atomic E-state index is 13.0. The molecule has 148 valence electrons. The van der Waals surface area contributed by atoms with Crippen molar-refractivity contribution in [3.8, 4) is 0 Å². The molecule has 2 unspecified atom stereocenters. The number of nitrogens with one attached hydrogen (secondary N) is 1. The van der Waals surface area contributed by atoms with Crippen LogP contribution in [0.2, 0.25) is 0 Å². The zero-order valence-corrected chi connectivity index (χ0v) is 17.2. The lowest BCUT2D eigenvalue weighted by Crippen LogP contribution is -2.50. The minimum Gasteiger partial charge on any atom is -0.343 e. The number of likely N-dealkylation sites (tertiary alicyclic amines) is 1. The minimum atomic E-state index is -0.507. The second kappa shape index (κ2) is 10.3. The van der Waals surface area contributed by atoms with Crippen LogP contribution in [0, 0.1) is 0 Å². The van der Waals surface area contributed by atoms with Gasteiger partial charge < -0.3 is 10.2 Å². The average molecular weight is 397 g/mol. The zero-order valence-electron chi connectivity index (χ0n) is 16.3. The second-order valence-electron chi connectivity index (χ2n) is 7.22. The first-order chi connectivity index (χ1) is 13.6. The Morgan fingerprint density at radius 1 is 0.964 bits per heavy atom. The van der Waals surface area contributed by atoms with Gasteiger partial charge in [-0.25, -0.2) is 0 Å². The Hall–Kier alpha value is -2.27. The van der Waals surface area contributed by atoms with Crippen molar-refractivity contribution in [3.63, 3.8) is 0 Å². The van der Waals surface area contributed by atoms with Gasteiger partial charge in [0.2, 0.25) is 11.8 Å². The molecular formula is C23H28N2O2S. The Bertz CT molecular complexity index is 761. The molecule has 0 bridgehead atoms. The lowest BCUT2D eigenvalue weighted by molar-refractivity contribution is -0.135. The monoisotopic (exact) mass is 396 g/mol. The highest BCUT2D eigenvalue weighted by atomic mass is 32.2. The van der Waals surface area contributed by atoms with Crippen molar-refractivity contribution in [3.05, 3.63) is 71.8 Å². The number of hydrogen-bond acceptors (Lipinski definition) is 3. The van der Waals surface area contributed by atoms with E-state index in [1.807, 2.05) is 60.4 Å². The zero-order chi connectivity index (χ0) is 19.8. The Labute approximate surface area is 171 Å². The molecule has 2 atom stereocenters. The summed E-state index contributed by atoms with van der Waals surface area (Å²) in [4.78, 5) is 27.7. The summed E-state index contributed by atoms with van der Waals surface area (Å²) >= 11 is 1.59. The largest absolute Gasteiger partial charge is 0.343 e. The number of thioether (sulfide) groups is 1. The van der Waals surface area contributed by atoms with E-state index in [-0.39, 0.29) is 17.1 Å². The van der Waals surface area contributed by atoms with Crippen LogP contribution < -0.4 is 5.32 Å². The van der Waals surface area contributed by atoms with Gasteiger partial charge in [-0.3, -0.25) is 9.59 Å². The molecule has 1 fully saturated rings. The van der Waals surface area contributed by atoms with Crippen LogP contribution in [0.15, 0.2) is 60.7 Å². The van der Waals surface area contributed by atoms with Crippen LogP contribution in [0.3, 0.4) is 0 Å². The lowest BCUT2D eigenvalue weighted by Gasteiger charge is -2.25. The van der Waals surface area contributed by atoms with E-state index >= 15 is 0 Å². The number of hydrogen-bond donors (Lipinski definition) is 1. The molecule has 2 aromatic rings. The molecule has 1 saturated heterocycles. The predicted octanol–water partition coefficient (Wildman–Crippen LogP) is 3.66. The van der Waals surface area contributed by atoms with Crippen molar-refractivity contribution < 1.29 is 9.59 Å². The summed E-state index contributed by atoms with van der Waals surface area (Å²) in [5, 5.41) is 2.81. The maximum Gasteiger partial charge on any atom is 0.245 e. The molecule has 1 aliphatic heterocycles. The highest BCUT2D eigenvalue weighted by Crippen LogP contribution is 2.18. The van der Waals surface area contributed by atoms with Crippen LogP contribution in [0.5, 0.6) is 0 Å². The number of amides is 2. The molecule has 3 rings (SSSR count). The minimum absolute atomic E-state index is 0.0370. The van der Waals surface area contributed by atoms with Crippen molar-refractivity contribution >= 4 is 23.6 Å². The molecule has 1 N–H and O–H groups in total. The number of nitrogens with zero attached hydrogens (tertiary/aromatic N) is 1. The summed E-state index contributed by atoms with van der Waals surface area (Å²) < 4.78 is 0. The third kappa shape index (κ3) is 5.86.